The van der Waals surface area contributed by atoms with E-state index in [0.29, 0.717) is 54.1 Å². The molecule has 3 heterocycles. The van der Waals surface area contributed by atoms with E-state index in [1.807, 2.05) is 6.92 Å². The molecule has 0 saturated carbocycles. The van der Waals surface area contributed by atoms with Crippen molar-refractivity contribution in [3.8, 4) is 11.5 Å². The van der Waals surface area contributed by atoms with Crippen molar-refractivity contribution in [1.29, 1.82) is 0 Å². The minimum absolute atomic E-state index is 0.00128. The van der Waals surface area contributed by atoms with Crippen molar-refractivity contribution in [1.82, 2.24) is 20.6 Å². The second-order valence-corrected chi connectivity index (χ2v) is 8.60. The highest BCUT2D eigenvalue weighted by molar-refractivity contribution is 6.06. The van der Waals surface area contributed by atoms with Gasteiger partial charge in [-0.1, -0.05) is 25.1 Å². The fourth-order valence-corrected chi connectivity index (χ4v) is 4.38. The molecule has 3 amide bonds. The standard InChI is InChI=1S/C25H25N5O6/c1-2-9-30-25(34)18-6-4-3-5-17(18)22(28-30)24(33)27-26-23(32)15-12-21(31)29(14-15)16-7-8-19-20(13-16)36-11-10-35-19/h3-8,13,15H,2,9-12,14H2,1H3,(H,26,32)(H,27,33). The zero-order valence-electron chi connectivity index (χ0n) is 19.7. The second-order valence-electron chi connectivity index (χ2n) is 8.60. The number of carbonyl (C=O) groups is 3. The highest BCUT2D eigenvalue weighted by atomic mass is 16.6. The first-order chi connectivity index (χ1) is 17.5. The van der Waals surface area contributed by atoms with Crippen LogP contribution in [0, 0.1) is 5.92 Å². The molecule has 11 nitrogen and oxygen atoms in total. The SMILES string of the molecule is CCCn1nc(C(=O)NNC(=O)C2CC(=O)N(c3ccc4c(c3)OCCO4)C2)c2ccccc2c1=O. The van der Waals surface area contributed by atoms with Crippen LogP contribution < -0.4 is 30.8 Å². The van der Waals surface area contributed by atoms with E-state index in [0.717, 1.165) is 0 Å². The van der Waals surface area contributed by atoms with Crippen molar-refractivity contribution in [2.45, 2.75) is 26.3 Å². The molecule has 1 fully saturated rings. The highest BCUT2D eigenvalue weighted by Crippen LogP contribution is 2.36. The molecule has 1 aromatic heterocycles. The number of fused-ring (bicyclic) bond motifs is 2. The summed E-state index contributed by atoms with van der Waals surface area (Å²) >= 11 is 0. The Kier molecular flexibility index (Phi) is 6.28. The predicted octanol–water partition coefficient (Wildman–Crippen LogP) is 1.39. The minimum Gasteiger partial charge on any atom is -0.486 e. The number of hydrazine groups is 1. The molecule has 11 heteroatoms. The number of anilines is 1. The number of carbonyl (C=O) groups excluding carboxylic acids is 3. The molecule has 5 rings (SSSR count). The van der Waals surface area contributed by atoms with Crippen LogP contribution in [0.15, 0.2) is 47.3 Å². The molecular weight excluding hydrogens is 466 g/mol. The number of nitrogens with one attached hydrogen (secondary N) is 2. The van der Waals surface area contributed by atoms with Crippen LogP contribution in [0.2, 0.25) is 0 Å². The van der Waals surface area contributed by atoms with E-state index in [1.54, 1.807) is 42.5 Å². The van der Waals surface area contributed by atoms with E-state index in [-0.39, 0.29) is 30.1 Å². The molecule has 0 aliphatic carbocycles. The summed E-state index contributed by atoms with van der Waals surface area (Å²) in [7, 11) is 0. The average Bonchev–Trinajstić information content (AvgIpc) is 3.30. The van der Waals surface area contributed by atoms with Gasteiger partial charge in [-0.15, -0.1) is 0 Å². The van der Waals surface area contributed by atoms with Crippen LogP contribution in [-0.4, -0.2) is 47.3 Å². The maximum absolute atomic E-state index is 12.9. The third kappa shape index (κ3) is 4.35. The molecule has 0 bridgehead atoms. The Labute approximate surface area is 205 Å². The zero-order chi connectivity index (χ0) is 25.2. The summed E-state index contributed by atoms with van der Waals surface area (Å²) in [6.45, 7) is 3.31. The van der Waals surface area contributed by atoms with Gasteiger partial charge in [0.2, 0.25) is 11.8 Å². The molecular formula is C25H25N5O6. The number of aryl methyl sites for hydroxylation is 1. The number of amides is 3. The summed E-state index contributed by atoms with van der Waals surface area (Å²) < 4.78 is 12.4. The molecule has 1 saturated heterocycles. The molecule has 2 N–H and O–H groups in total. The van der Waals surface area contributed by atoms with Crippen LogP contribution in [0.1, 0.15) is 30.3 Å². The first-order valence-electron chi connectivity index (χ1n) is 11.8. The van der Waals surface area contributed by atoms with Crippen molar-refractivity contribution in [2.75, 3.05) is 24.7 Å². The van der Waals surface area contributed by atoms with Crippen LogP contribution in [0.25, 0.3) is 10.8 Å². The van der Waals surface area contributed by atoms with Gasteiger partial charge in [0.25, 0.3) is 11.5 Å². The fraction of sp³-hybridized carbons (Fsp3) is 0.320. The monoisotopic (exact) mass is 491 g/mol. The Bertz CT molecular complexity index is 1420. The van der Waals surface area contributed by atoms with Gasteiger partial charge in [-0.05, 0) is 24.6 Å². The first-order valence-corrected chi connectivity index (χ1v) is 11.8. The maximum atomic E-state index is 12.9. The quantitative estimate of drug-likeness (QED) is 0.516. The number of hydrogen-bond acceptors (Lipinski definition) is 7. The van der Waals surface area contributed by atoms with Gasteiger partial charge < -0.3 is 14.4 Å². The van der Waals surface area contributed by atoms with Crippen molar-refractivity contribution in [3.05, 3.63) is 58.5 Å². The van der Waals surface area contributed by atoms with Crippen molar-refractivity contribution in [2.24, 2.45) is 5.92 Å². The number of ether oxygens (including phenoxy) is 2. The number of aromatic nitrogens is 2. The Hall–Kier alpha value is -4.41. The van der Waals surface area contributed by atoms with Gasteiger partial charge in [0.1, 0.15) is 13.2 Å². The first kappa shape index (κ1) is 23.3. The molecule has 0 spiro atoms. The van der Waals surface area contributed by atoms with Gasteiger partial charge in [-0.3, -0.25) is 30.0 Å². The Balaban J connectivity index is 1.28. The number of hydrogen-bond donors (Lipinski definition) is 2. The zero-order valence-corrected chi connectivity index (χ0v) is 19.7. The summed E-state index contributed by atoms with van der Waals surface area (Å²) in [4.78, 5) is 52.5. The van der Waals surface area contributed by atoms with Gasteiger partial charge in [-0.2, -0.15) is 5.10 Å². The molecule has 1 unspecified atom stereocenters. The van der Waals surface area contributed by atoms with Crippen molar-refractivity contribution >= 4 is 34.2 Å². The minimum atomic E-state index is -0.662. The molecule has 36 heavy (non-hydrogen) atoms. The number of rotatable bonds is 5. The Morgan fingerprint density at radius 1 is 1.03 bits per heavy atom. The average molecular weight is 492 g/mol. The topological polar surface area (TPSA) is 132 Å². The normalized spacial score (nSPS) is 16.8. The van der Waals surface area contributed by atoms with E-state index in [1.165, 1.54) is 9.58 Å². The van der Waals surface area contributed by atoms with Crippen LogP contribution in [-0.2, 0) is 16.1 Å². The van der Waals surface area contributed by atoms with Crippen molar-refractivity contribution in [3.63, 3.8) is 0 Å². The lowest BCUT2D eigenvalue weighted by atomic mass is 10.1. The molecule has 3 aromatic rings. The van der Waals surface area contributed by atoms with Gasteiger partial charge >= 0.3 is 0 Å². The maximum Gasteiger partial charge on any atom is 0.290 e. The molecule has 2 aromatic carbocycles. The lowest BCUT2D eigenvalue weighted by molar-refractivity contribution is -0.126. The lowest BCUT2D eigenvalue weighted by Crippen LogP contribution is -2.46. The third-order valence-electron chi connectivity index (χ3n) is 6.15. The highest BCUT2D eigenvalue weighted by Gasteiger charge is 2.36. The van der Waals surface area contributed by atoms with E-state index in [2.05, 4.69) is 16.0 Å². The van der Waals surface area contributed by atoms with Gasteiger partial charge in [0.05, 0.1) is 11.3 Å². The number of nitrogens with zero attached hydrogens (tertiary/aromatic N) is 3. The third-order valence-corrected chi connectivity index (χ3v) is 6.15. The van der Waals surface area contributed by atoms with Crippen LogP contribution in [0.3, 0.4) is 0 Å². The van der Waals surface area contributed by atoms with Crippen LogP contribution in [0.5, 0.6) is 11.5 Å². The van der Waals surface area contributed by atoms with E-state index in [4.69, 9.17) is 9.47 Å². The Morgan fingerprint density at radius 3 is 2.56 bits per heavy atom. The smallest absolute Gasteiger partial charge is 0.290 e. The summed E-state index contributed by atoms with van der Waals surface area (Å²) in [5, 5.41) is 4.98. The van der Waals surface area contributed by atoms with Gasteiger partial charge in [0.15, 0.2) is 17.2 Å². The van der Waals surface area contributed by atoms with E-state index < -0.39 is 17.7 Å². The summed E-state index contributed by atoms with van der Waals surface area (Å²) in [6.07, 6.45) is 0.664. The van der Waals surface area contributed by atoms with E-state index >= 15 is 0 Å². The molecule has 1 atom stereocenters. The molecule has 2 aliphatic heterocycles. The van der Waals surface area contributed by atoms with Crippen LogP contribution >= 0.6 is 0 Å². The molecule has 0 radical (unpaired) electrons. The van der Waals surface area contributed by atoms with E-state index in [9.17, 15) is 19.2 Å². The summed E-state index contributed by atoms with van der Waals surface area (Å²) in [5.41, 5.74) is 5.15. The molecule has 2 aliphatic rings. The fourth-order valence-electron chi connectivity index (χ4n) is 4.38. The summed E-state index contributed by atoms with van der Waals surface area (Å²) in [5.74, 6) is -0.863. The predicted molar refractivity (Wildman–Crippen MR) is 130 cm³/mol. The van der Waals surface area contributed by atoms with Crippen LogP contribution in [0.4, 0.5) is 5.69 Å². The largest absolute Gasteiger partial charge is 0.486 e. The Morgan fingerprint density at radius 2 is 1.78 bits per heavy atom. The van der Waals surface area contributed by atoms with Gasteiger partial charge in [0, 0.05) is 36.7 Å². The number of benzene rings is 2. The second kappa shape index (κ2) is 9.68. The summed E-state index contributed by atoms with van der Waals surface area (Å²) in [6, 6.07) is 11.9. The van der Waals surface area contributed by atoms with Gasteiger partial charge in [-0.25, -0.2) is 4.68 Å². The van der Waals surface area contributed by atoms with Crippen molar-refractivity contribution < 1.29 is 23.9 Å². The lowest BCUT2D eigenvalue weighted by Gasteiger charge is -2.22. The molecule has 186 valence electrons.